The summed E-state index contributed by atoms with van der Waals surface area (Å²) in [6.07, 6.45) is 4.00. The van der Waals surface area contributed by atoms with Gasteiger partial charge in [-0.25, -0.2) is 13.1 Å². The van der Waals surface area contributed by atoms with E-state index in [2.05, 4.69) is 15.4 Å². The molecule has 0 aliphatic carbocycles. The number of hydrogen-bond acceptors (Lipinski definition) is 5. The fourth-order valence-electron chi connectivity index (χ4n) is 3.65. The van der Waals surface area contributed by atoms with Gasteiger partial charge in [-0.15, -0.1) is 0 Å². The molecule has 0 aliphatic rings. The van der Waals surface area contributed by atoms with E-state index < -0.39 is 10.0 Å². The van der Waals surface area contributed by atoms with Gasteiger partial charge in [-0.3, -0.25) is 0 Å². The zero-order chi connectivity index (χ0) is 21.9. The van der Waals surface area contributed by atoms with E-state index in [1.165, 1.54) is 0 Å². The zero-order valence-corrected chi connectivity index (χ0v) is 18.9. The first-order valence-electron chi connectivity index (χ1n) is 11.1. The highest BCUT2D eigenvalue weighted by atomic mass is 32.2. The summed E-state index contributed by atoms with van der Waals surface area (Å²) in [6, 6.07) is 17.5. The first kappa shape index (κ1) is 23.6. The molecular formula is C24H34N4O2S. The quantitative estimate of drug-likeness (QED) is 0.227. The minimum absolute atomic E-state index is 0.339. The van der Waals surface area contributed by atoms with Crippen molar-refractivity contribution >= 4 is 31.6 Å². The molecule has 5 N–H and O–H groups in total. The normalized spacial score (nSPS) is 12.0. The van der Waals surface area contributed by atoms with Gasteiger partial charge in [-0.1, -0.05) is 36.4 Å². The lowest BCUT2D eigenvalue weighted by atomic mass is 10.0. The average molecular weight is 443 g/mol. The zero-order valence-electron chi connectivity index (χ0n) is 18.1. The van der Waals surface area contributed by atoms with E-state index in [4.69, 9.17) is 5.73 Å². The molecule has 0 saturated heterocycles. The molecule has 0 heterocycles. The van der Waals surface area contributed by atoms with Gasteiger partial charge in [0.25, 0.3) is 0 Å². The molecule has 0 fully saturated rings. The molecule has 3 aromatic rings. The maximum absolute atomic E-state index is 12.9. The summed E-state index contributed by atoms with van der Waals surface area (Å²) in [4.78, 5) is 0.339. The molecule has 0 saturated carbocycles. The van der Waals surface area contributed by atoms with Gasteiger partial charge in [0.05, 0.1) is 4.90 Å². The summed E-state index contributed by atoms with van der Waals surface area (Å²) in [7, 11) is -3.56. The van der Waals surface area contributed by atoms with Crippen molar-refractivity contribution < 1.29 is 8.42 Å². The molecule has 0 atom stereocenters. The van der Waals surface area contributed by atoms with Gasteiger partial charge in [0.1, 0.15) is 0 Å². The summed E-state index contributed by atoms with van der Waals surface area (Å²) >= 11 is 0. The number of benzene rings is 3. The average Bonchev–Trinajstić information content (AvgIpc) is 2.78. The van der Waals surface area contributed by atoms with Crippen LogP contribution in [0.25, 0.3) is 21.5 Å². The third-order valence-corrected chi connectivity index (χ3v) is 6.85. The van der Waals surface area contributed by atoms with Crippen molar-refractivity contribution in [2.24, 2.45) is 5.73 Å². The Balaban J connectivity index is 1.45. The van der Waals surface area contributed by atoms with Crippen molar-refractivity contribution in [3.05, 3.63) is 54.6 Å². The first-order valence-corrected chi connectivity index (χ1v) is 12.6. The Labute approximate surface area is 185 Å². The Morgan fingerprint density at radius 2 is 1.29 bits per heavy atom. The van der Waals surface area contributed by atoms with Gasteiger partial charge in [0.15, 0.2) is 0 Å². The lowest BCUT2D eigenvalue weighted by Crippen LogP contribution is -2.28. The van der Waals surface area contributed by atoms with Crippen LogP contribution in [0.15, 0.2) is 59.5 Å². The van der Waals surface area contributed by atoms with Crippen LogP contribution < -0.4 is 21.1 Å². The van der Waals surface area contributed by atoms with Gasteiger partial charge in [0.2, 0.25) is 10.0 Å². The Morgan fingerprint density at radius 3 is 2.00 bits per heavy atom. The first-order chi connectivity index (χ1) is 15.1. The largest absolute Gasteiger partial charge is 0.330 e. The highest BCUT2D eigenvalue weighted by Gasteiger charge is 2.17. The number of nitrogens with one attached hydrogen (secondary N) is 3. The smallest absolute Gasteiger partial charge is 0.241 e. The van der Waals surface area contributed by atoms with E-state index >= 15 is 0 Å². The van der Waals surface area contributed by atoms with Crippen LogP contribution in [0.4, 0.5) is 0 Å². The van der Waals surface area contributed by atoms with Crippen LogP contribution in [0.3, 0.4) is 0 Å². The number of hydrogen-bond donors (Lipinski definition) is 4. The van der Waals surface area contributed by atoms with Crippen LogP contribution in [0.1, 0.15) is 25.7 Å². The summed E-state index contributed by atoms with van der Waals surface area (Å²) in [6.45, 7) is 4.89. The predicted molar refractivity (Wildman–Crippen MR) is 130 cm³/mol. The van der Waals surface area contributed by atoms with Crippen molar-refractivity contribution in [1.82, 2.24) is 15.4 Å². The van der Waals surface area contributed by atoms with Gasteiger partial charge in [-0.05, 0) is 92.8 Å². The van der Waals surface area contributed by atoms with Crippen molar-refractivity contribution in [2.45, 2.75) is 30.6 Å². The van der Waals surface area contributed by atoms with E-state index in [1.54, 1.807) is 12.1 Å². The molecule has 0 bridgehead atoms. The molecule has 0 spiro atoms. The fraction of sp³-hybridized carbons (Fsp3) is 0.417. The number of nitrogens with two attached hydrogens (primary N) is 1. The molecule has 3 aromatic carbocycles. The van der Waals surface area contributed by atoms with Crippen molar-refractivity contribution in [3.8, 4) is 0 Å². The van der Waals surface area contributed by atoms with E-state index in [0.717, 1.165) is 80.0 Å². The Hall–Kier alpha value is -2.03. The molecule has 31 heavy (non-hydrogen) atoms. The highest BCUT2D eigenvalue weighted by molar-refractivity contribution is 7.89. The summed E-state index contributed by atoms with van der Waals surface area (Å²) in [5, 5.41) is 10.6. The number of unbranched alkanes of at least 4 members (excludes halogenated alkanes) is 1. The molecule has 0 aromatic heterocycles. The number of sulfonamides is 1. The lowest BCUT2D eigenvalue weighted by Gasteiger charge is -2.11. The number of fused-ring (bicyclic) bond motifs is 2. The monoisotopic (exact) mass is 442 g/mol. The predicted octanol–water partition coefficient (Wildman–Crippen LogP) is 2.97. The molecule has 7 heteroatoms. The van der Waals surface area contributed by atoms with E-state index in [-0.39, 0.29) is 0 Å². The van der Waals surface area contributed by atoms with Gasteiger partial charge >= 0.3 is 0 Å². The Morgan fingerprint density at radius 1 is 0.677 bits per heavy atom. The van der Waals surface area contributed by atoms with Crippen molar-refractivity contribution in [3.63, 3.8) is 0 Å². The third kappa shape index (κ3) is 6.98. The van der Waals surface area contributed by atoms with E-state index in [9.17, 15) is 8.42 Å². The Bertz CT molecular complexity index is 1070. The minimum atomic E-state index is -3.56. The maximum atomic E-state index is 12.9. The molecule has 0 unspecified atom stereocenters. The van der Waals surface area contributed by atoms with Crippen molar-refractivity contribution in [1.29, 1.82) is 0 Å². The van der Waals surface area contributed by atoms with Crippen molar-refractivity contribution in [2.75, 3.05) is 39.3 Å². The summed E-state index contributed by atoms with van der Waals surface area (Å²) in [5.41, 5.74) is 5.46. The molecule has 168 valence electrons. The van der Waals surface area contributed by atoms with Crippen LogP contribution in [-0.4, -0.2) is 47.7 Å². The summed E-state index contributed by atoms with van der Waals surface area (Å²) < 4.78 is 28.6. The molecule has 0 aliphatic heterocycles. The van der Waals surface area contributed by atoms with Crippen LogP contribution in [0.2, 0.25) is 0 Å². The van der Waals surface area contributed by atoms with E-state index in [1.807, 2.05) is 42.5 Å². The standard InChI is InChI=1S/C24H34N4O2S/c25-12-6-15-26-13-3-4-14-27-16-7-17-28-31(29,30)24-11-5-10-22-18-20-8-1-2-9-21(20)19-23(22)24/h1-2,5,8-11,18-19,26-28H,3-4,6-7,12-17,25H2. The molecule has 3 rings (SSSR count). The van der Waals surface area contributed by atoms with E-state index in [0.29, 0.717) is 11.4 Å². The minimum Gasteiger partial charge on any atom is -0.330 e. The topological polar surface area (TPSA) is 96.2 Å². The SMILES string of the molecule is NCCCNCCCCNCCCNS(=O)(=O)c1cccc2cc3ccccc3cc12. The van der Waals surface area contributed by atoms with Crippen LogP contribution in [0, 0.1) is 0 Å². The van der Waals surface area contributed by atoms with Gasteiger partial charge in [0, 0.05) is 11.9 Å². The maximum Gasteiger partial charge on any atom is 0.241 e. The molecule has 6 nitrogen and oxygen atoms in total. The highest BCUT2D eigenvalue weighted by Crippen LogP contribution is 2.27. The third-order valence-electron chi connectivity index (χ3n) is 5.33. The van der Waals surface area contributed by atoms with Crippen LogP contribution in [-0.2, 0) is 10.0 Å². The van der Waals surface area contributed by atoms with Crippen LogP contribution in [0.5, 0.6) is 0 Å². The molecule has 0 radical (unpaired) electrons. The lowest BCUT2D eigenvalue weighted by molar-refractivity contribution is 0.559. The van der Waals surface area contributed by atoms with Gasteiger partial charge in [-0.2, -0.15) is 0 Å². The molecule has 0 amide bonds. The second-order valence-corrected chi connectivity index (χ2v) is 9.51. The summed E-state index contributed by atoms with van der Waals surface area (Å²) in [5.74, 6) is 0. The fourth-order valence-corrected chi connectivity index (χ4v) is 4.94. The second-order valence-electron chi connectivity index (χ2n) is 7.78. The van der Waals surface area contributed by atoms with Gasteiger partial charge < -0.3 is 16.4 Å². The van der Waals surface area contributed by atoms with Crippen LogP contribution >= 0.6 is 0 Å². The molecular weight excluding hydrogens is 408 g/mol. The second kappa shape index (κ2) is 12.1. The Kier molecular flexibility index (Phi) is 9.24. The number of rotatable bonds is 14.